The summed E-state index contributed by atoms with van der Waals surface area (Å²) in [6, 6.07) is 11.1. The molecule has 0 radical (unpaired) electrons. The van der Waals surface area contributed by atoms with Crippen LogP contribution in [-0.2, 0) is 6.42 Å². The number of benzene rings is 1. The van der Waals surface area contributed by atoms with Gasteiger partial charge in [0, 0.05) is 23.4 Å². The Kier molecular flexibility index (Phi) is 4.26. The first kappa shape index (κ1) is 12.8. The number of aromatic nitrogens is 1. The van der Waals surface area contributed by atoms with E-state index < -0.39 is 0 Å². The van der Waals surface area contributed by atoms with Crippen LogP contribution in [0.5, 0.6) is 0 Å². The molecule has 19 heavy (non-hydrogen) atoms. The molecule has 3 rings (SSSR count). The Labute approximate surface area is 118 Å². The highest BCUT2D eigenvalue weighted by Crippen LogP contribution is 2.23. The number of hydrogen-bond acceptors (Lipinski definition) is 3. The number of thiazole rings is 1. The summed E-state index contributed by atoms with van der Waals surface area (Å²) >= 11 is 1.79. The molecule has 1 fully saturated rings. The summed E-state index contributed by atoms with van der Waals surface area (Å²) in [5.41, 5.74) is 2.35. The van der Waals surface area contributed by atoms with Crippen LogP contribution >= 0.6 is 11.3 Å². The van der Waals surface area contributed by atoms with Crippen molar-refractivity contribution in [2.24, 2.45) is 0 Å². The fourth-order valence-corrected chi connectivity index (χ4v) is 3.46. The number of rotatable bonds is 4. The zero-order valence-electron chi connectivity index (χ0n) is 11.1. The van der Waals surface area contributed by atoms with Crippen LogP contribution in [0.4, 0.5) is 0 Å². The van der Waals surface area contributed by atoms with Crippen molar-refractivity contribution in [3.05, 3.63) is 40.7 Å². The molecule has 1 N–H and O–H groups in total. The molecule has 100 valence electrons. The van der Waals surface area contributed by atoms with Crippen molar-refractivity contribution in [3.8, 4) is 11.3 Å². The Morgan fingerprint density at radius 1 is 1.21 bits per heavy atom. The lowest BCUT2D eigenvalue weighted by Crippen LogP contribution is -2.34. The van der Waals surface area contributed by atoms with Crippen LogP contribution in [0.3, 0.4) is 0 Å². The van der Waals surface area contributed by atoms with Gasteiger partial charge in [0.2, 0.25) is 0 Å². The summed E-state index contributed by atoms with van der Waals surface area (Å²) < 4.78 is 0. The average Bonchev–Trinajstić information content (AvgIpc) is 2.96. The fraction of sp³-hybridized carbons (Fsp3) is 0.438. The third-order valence-electron chi connectivity index (χ3n) is 3.74. The normalized spacial score (nSPS) is 19.5. The van der Waals surface area contributed by atoms with E-state index in [4.69, 9.17) is 4.98 Å². The molecule has 1 atom stereocenters. The highest BCUT2D eigenvalue weighted by Gasteiger charge is 2.13. The van der Waals surface area contributed by atoms with Crippen LogP contribution in [0.15, 0.2) is 35.7 Å². The maximum atomic E-state index is 4.76. The van der Waals surface area contributed by atoms with Crippen LogP contribution < -0.4 is 5.32 Å². The van der Waals surface area contributed by atoms with Crippen molar-refractivity contribution in [3.63, 3.8) is 0 Å². The Bertz CT molecular complexity index is 500. The van der Waals surface area contributed by atoms with Gasteiger partial charge in [0.1, 0.15) is 0 Å². The van der Waals surface area contributed by atoms with Gasteiger partial charge in [0.25, 0.3) is 0 Å². The number of nitrogens with one attached hydrogen (secondary N) is 1. The van der Waals surface area contributed by atoms with Gasteiger partial charge < -0.3 is 5.32 Å². The van der Waals surface area contributed by atoms with Crippen molar-refractivity contribution in [2.45, 2.75) is 38.1 Å². The van der Waals surface area contributed by atoms with Crippen LogP contribution in [0.2, 0.25) is 0 Å². The fourth-order valence-electron chi connectivity index (χ4n) is 2.64. The second kappa shape index (κ2) is 6.31. The quantitative estimate of drug-likeness (QED) is 0.913. The molecule has 3 heteroatoms. The van der Waals surface area contributed by atoms with Crippen molar-refractivity contribution >= 4 is 11.3 Å². The number of aryl methyl sites for hydroxylation is 1. The van der Waals surface area contributed by atoms with Crippen LogP contribution in [0.1, 0.15) is 30.7 Å². The van der Waals surface area contributed by atoms with E-state index in [1.165, 1.54) is 42.8 Å². The van der Waals surface area contributed by atoms with Gasteiger partial charge in [0.15, 0.2) is 0 Å². The highest BCUT2D eigenvalue weighted by atomic mass is 32.1. The lowest BCUT2D eigenvalue weighted by atomic mass is 10.0. The molecule has 2 nitrogen and oxygen atoms in total. The number of hydrogen-bond donors (Lipinski definition) is 1. The van der Waals surface area contributed by atoms with Gasteiger partial charge in [-0.3, -0.25) is 0 Å². The first-order chi connectivity index (χ1) is 9.42. The maximum Gasteiger partial charge on any atom is 0.0933 e. The van der Waals surface area contributed by atoms with Gasteiger partial charge in [-0.1, -0.05) is 36.8 Å². The zero-order valence-corrected chi connectivity index (χ0v) is 12.0. The maximum absolute atomic E-state index is 4.76. The van der Waals surface area contributed by atoms with Gasteiger partial charge in [0.05, 0.1) is 10.7 Å². The molecule has 0 bridgehead atoms. The minimum Gasteiger partial charge on any atom is -0.314 e. The van der Waals surface area contributed by atoms with E-state index in [1.807, 2.05) is 6.07 Å². The van der Waals surface area contributed by atoms with Gasteiger partial charge >= 0.3 is 0 Å². The lowest BCUT2D eigenvalue weighted by molar-refractivity contribution is 0.382. The Morgan fingerprint density at radius 2 is 2.11 bits per heavy atom. The molecule has 1 aliphatic heterocycles. The minimum atomic E-state index is 0.706. The molecule has 1 unspecified atom stereocenters. The molecule has 2 heterocycles. The van der Waals surface area contributed by atoms with Crippen molar-refractivity contribution in [1.82, 2.24) is 10.3 Å². The molecule has 0 aliphatic carbocycles. The molecule has 0 spiro atoms. The van der Waals surface area contributed by atoms with E-state index in [0.717, 1.165) is 12.1 Å². The summed E-state index contributed by atoms with van der Waals surface area (Å²) in [4.78, 5) is 4.76. The van der Waals surface area contributed by atoms with Gasteiger partial charge in [-0.15, -0.1) is 11.3 Å². The van der Waals surface area contributed by atoms with Gasteiger partial charge in [-0.2, -0.15) is 0 Å². The van der Waals surface area contributed by atoms with E-state index in [-0.39, 0.29) is 0 Å². The average molecular weight is 272 g/mol. The Balaban J connectivity index is 1.59. The van der Waals surface area contributed by atoms with E-state index in [1.54, 1.807) is 11.3 Å². The smallest absolute Gasteiger partial charge is 0.0933 e. The Morgan fingerprint density at radius 3 is 2.89 bits per heavy atom. The van der Waals surface area contributed by atoms with Crippen LogP contribution in [0.25, 0.3) is 11.3 Å². The summed E-state index contributed by atoms with van der Waals surface area (Å²) in [6.07, 6.45) is 6.38. The SMILES string of the molecule is c1ccc(-c2csc(CCC3CCCCN3)n2)cc1. The molecule has 2 aromatic rings. The minimum absolute atomic E-state index is 0.706. The molecular formula is C16H20N2S. The number of piperidine rings is 1. The Hall–Kier alpha value is -1.19. The summed E-state index contributed by atoms with van der Waals surface area (Å²) in [5, 5.41) is 7.05. The third kappa shape index (κ3) is 3.43. The van der Waals surface area contributed by atoms with E-state index >= 15 is 0 Å². The third-order valence-corrected chi connectivity index (χ3v) is 4.65. The molecule has 1 aromatic heterocycles. The predicted octanol–water partition coefficient (Wildman–Crippen LogP) is 3.88. The van der Waals surface area contributed by atoms with Crippen LogP contribution in [0, 0.1) is 0 Å². The van der Waals surface area contributed by atoms with Crippen molar-refractivity contribution in [2.75, 3.05) is 6.54 Å². The summed E-state index contributed by atoms with van der Waals surface area (Å²) in [6.45, 7) is 1.19. The molecule has 1 aromatic carbocycles. The van der Waals surface area contributed by atoms with Crippen LogP contribution in [-0.4, -0.2) is 17.6 Å². The first-order valence-electron chi connectivity index (χ1n) is 7.15. The second-order valence-corrected chi connectivity index (χ2v) is 6.12. The van der Waals surface area contributed by atoms with Gasteiger partial charge in [-0.25, -0.2) is 4.98 Å². The lowest BCUT2D eigenvalue weighted by Gasteiger charge is -2.22. The van der Waals surface area contributed by atoms with E-state index in [2.05, 4.69) is 35.0 Å². The zero-order chi connectivity index (χ0) is 12.9. The van der Waals surface area contributed by atoms with Crippen molar-refractivity contribution < 1.29 is 0 Å². The second-order valence-electron chi connectivity index (χ2n) is 5.18. The predicted molar refractivity (Wildman–Crippen MR) is 81.5 cm³/mol. The van der Waals surface area contributed by atoms with E-state index in [0.29, 0.717) is 6.04 Å². The topological polar surface area (TPSA) is 24.9 Å². The van der Waals surface area contributed by atoms with E-state index in [9.17, 15) is 0 Å². The molecule has 1 aliphatic rings. The molecule has 1 saturated heterocycles. The molecule has 0 saturated carbocycles. The largest absolute Gasteiger partial charge is 0.314 e. The van der Waals surface area contributed by atoms with Gasteiger partial charge in [-0.05, 0) is 25.8 Å². The van der Waals surface area contributed by atoms with Crippen molar-refractivity contribution in [1.29, 1.82) is 0 Å². The monoisotopic (exact) mass is 272 g/mol. The summed E-state index contributed by atoms with van der Waals surface area (Å²) in [7, 11) is 0. The highest BCUT2D eigenvalue weighted by molar-refractivity contribution is 7.09. The summed E-state index contributed by atoms with van der Waals surface area (Å²) in [5.74, 6) is 0. The first-order valence-corrected chi connectivity index (χ1v) is 8.03. The molecule has 0 amide bonds. The molecular weight excluding hydrogens is 252 g/mol. The standard InChI is InChI=1S/C16H20N2S/c1-2-6-13(7-3-1)15-12-19-16(18-15)10-9-14-8-4-5-11-17-14/h1-3,6-7,12,14,17H,4-5,8-11H2. The number of nitrogens with zero attached hydrogens (tertiary/aromatic N) is 1.